The standard InChI is InChI=1S/C13H11Cl2NO4S2/c1-20-11(17)8-16(10-5-2-4-9(14)13(10)15)22(18,19)12-6-3-7-21-12/h2-7H,8H2,1H3. The number of halogens is 2. The van der Waals surface area contributed by atoms with Gasteiger partial charge in [-0.25, -0.2) is 8.42 Å². The van der Waals surface area contributed by atoms with Crippen LogP contribution in [0, 0.1) is 0 Å². The summed E-state index contributed by atoms with van der Waals surface area (Å²) in [6.07, 6.45) is 0. The number of esters is 1. The van der Waals surface area contributed by atoms with Crippen LogP contribution in [0.3, 0.4) is 0 Å². The van der Waals surface area contributed by atoms with E-state index in [1.807, 2.05) is 0 Å². The number of ether oxygens (including phenoxy) is 1. The van der Waals surface area contributed by atoms with Crippen LogP contribution >= 0.6 is 34.5 Å². The van der Waals surface area contributed by atoms with Crippen LogP contribution in [-0.2, 0) is 19.6 Å². The SMILES string of the molecule is COC(=O)CN(c1cccc(Cl)c1Cl)S(=O)(=O)c1cccs1. The highest BCUT2D eigenvalue weighted by molar-refractivity contribution is 7.94. The van der Waals surface area contributed by atoms with Gasteiger partial charge in [0.25, 0.3) is 10.0 Å². The van der Waals surface area contributed by atoms with Gasteiger partial charge in [0.2, 0.25) is 0 Å². The van der Waals surface area contributed by atoms with Crippen LogP contribution in [0.1, 0.15) is 0 Å². The molecule has 0 saturated carbocycles. The lowest BCUT2D eigenvalue weighted by Crippen LogP contribution is -2.36. The Morgan fingerprint density at radius 2 is 2.00 bits per heavy atom. The minimum atomic E-state index is -3.95. The monoisotopic (exact) mass is 379 g/mol. The first kappa shape index (κ1) is 17.1. The number of methoxy groups -OCH3 is 1. The van der Waals surface area contributed by atoms with Gasteiger partial charge in [-0.1, -0.05) is 35.3 Å². The molecule has 0 N–H and O–H groups in total. The summed E-state index contributed by atoms with van der Waals surface area (Å²) in [6, 6.07) is 7.61. The average Bonchev–Trinajstić information content (AvgIpc) is 3.02. The van der Waals surface area contributed by atoms with Crippen molar-refractivity contribution in [2.75, 3.05) is 18.0 Å². The smallest absolute Gasteiger partial charge is 0.326 e. The Labute approximate surface area is 142 Å². The number of thiophene rings is 1. The lowest BCUT2D eigenvalue weighted by Gasteiger charge is -2.23. The fraction of sp³-hybridized carbons (Fsp3) is 0.154. The van der Waals surface area contributed by atoms with E-state index in [0.717, 1.165) is 15.6 Å². The van der Waals surface area contributed by atoms with Gasteiger partial charge in [0.05, 0.1) is 22.8 Å². The van der Waals surface area contributed by atoms with E-state index in [0.29, 0.717) is 0 Å². The quantitative estimate of drug-likeness (QED) is 0.746. The summed E-state index contributed by atoms with van der Waals surface area (Å²) in [6.45, 7) is -0.503. The van der Waals surface area contributed by atoms with Crippen molar-refractivity contribution in [3.05, 3.63) is 45.8 Å². The Kier molecular flexibility index (Phi) is 5.33. The van der Waals surface area contributed by atoms with Crippen molar-refractivity contribution >= 4 is 56.2 Å². The molecular formula is C13H11Cl2NO4S2. The third-order valence-corrected chi connectivity index (χ3v) is 6.68. The van der Waals surface area contributed by atoms with Gasteiger partial charge >= 0.3 is 5.97 Å². The maximum atomic E-state index is 12.7. The first-order valence-electron chi connectivity index (χ1n) is 5.95. The molecule has 9 heteroatoms. The lowest BCUT2D eigenvalue weighted by atomic mass is 10.3. The van der Waals surface area contributed by atoms with E-state index < -0.39 is 22.5 Å². The first-order chi connectivity index (χ1) is 10.4. The number of hydrogen-bond acceptors (Lipinski definition) is 5. The molecule has 0 saturated heterocycles. The van der Waals surface area contributed by atoms with Crippen LogP contribution in [0.25, 0.3) is 0 Å². The highest BCUT2D eigenvalue weighted by Crippen LogP contribution is 2.36. The van der Waals surface area contributed by atoms with E-state index in [-0.39, 0.29) is 19.9 Å². The van der Waals surface area contributed by atoms with E-state index in [1.165, 1.54) is 25.3 Å². The molecule has 0 bridgehead atoms. The molecule has 0 spiro atoms. The molecule has 0 amide bonds. The Morgan fingerprint density at radius 3 is 2.59 bits per heavy atom. The van der Waals surface area contributed by atoms with Crippen LogP contribution in [0.15, 0.2) is 39.9 Å². The lowest BCUT2D eigenvalue weighted by molar-refractivity contribution is -0.138. The number of benzene rings is 1. The summed E-state index contributed by atoms with van der Waals surface area (Å²) in [5.74, 6) is -0.712. The summed E-state index contributed by atoms with van der Waals surface area (Å²) < 4.78 is 31.0. The number of carbonyl (C=O) groups excluding carboxylic acids is 1. The van der Waals surface area contributed by atoms with E-state index in [4.69, 9.17) is 23.2 Å². The summed E-state index contributed by atoms with van der Waals surface area (Å²) in [5.41, 5.74) is 0.118. The minimum Gasteiger partial charge on any atom is -0.468 e. The third-order valence-electron chi connectivity index (χ3n) is 2.74. The molecule has 1 aromatic carbocycles. The van der Waals surface area contributed by atoms with Gasteiger partial charge in [-0.15, -0.1) is 11.3 Å². The number of nitrogens with zero attached hydrogens (tertiary/aromatic N) is 1. The van der Waals surface area contributed by atoms with Crippen molar-refractivity contribution in [1.29, 1.82) is 0 Å². The summed E-state index contributed by atoms with van der Waals surface area (Å²) in [4.78, 5) is 11.6. The number of sulfonamides is 1. The second-order valence-corrected chi connectivity index (χ2v) is 7.91. The van der Waals surface area contributed by atoms with Crippen LogP contribution < -0.4 is 4.31 Å². The van der Waals surface area contributed by atoms with Gasteiger partial charge in [0.15, 0.2) is 0 Å². The molecule has 22 heavy (non-hydrogen) atoms. The average molecular weight is 380 g/mol. The van der Waals surface area contributed by atoms with Crippen molar-refractivity contribution in [2.24, 2.45) is 0 Å². The first-order valence-corrected chi connectivity index (χ1v) is 9.02. The molecule has 2 rings (SSSR count). The van der Waals surface area contributed by atoms with Crippen molar-refractivity contribution in [3.8, 4) is 0 Å². The summed E-state index contributed by atoms with van der Waals surface area (Å²) >= 11 is 13.1. The van der Waals surface area contributed by atoms with Crippen molar-refractivity contribution in [2.45, 2.75) is 4.21 Å². The zero-order valence-electron chi connectivity index (χ0n) is 11.3. The molecule has 0 aliphatic carbocycles. The Bertz CT molecular complexity index is 775. The van der Waals surface area contributed by atoms with E-state index in [1.54, 1.807) is 17.5 Å². The van der Waals surface area contributed by atoms with Gasteiger partial charge in [0.1, 0.15) is 10.8 Å². The van der Waals surface area contributed by atoms with Crippen LogP contribution in [0.5, 0.6) is 0 Å². The van der Waals surface area contributed by atoms with Crippen LogP contribution in [0.2, 0.25) is 10.0 Å². The van der Waals surface area contributed by atoms with Crippen molar-refractivity contribution in [3.63, 3.8) is 0 Å². The van der Waals surface area contributed by atoms with E-state index in [2.05, 4.69) is 4.74 Å². The molecule has 5 nitrogen and oxygen atoms in total. The zero-order chi connectivity index (χ0) is 16.3. The molecule has 0 aliphatic heterocycles. The largest absolute Gasteiger partial charge is 0.468 e. The second kappa shape index (κ2) is 6.87. The van der Waals surface area contributed by atoms with E-state index >= 15 is 0 Å². The van der Waals surface area contributed by atoms with Gasteiger partial charge in [-0.3, -0.25) is 9.10 Å². The normalized spacial score (nSPS) is 11.2. The molecule has 118 valence electrons. The van der Waals surface area contributed by atoms with Gasteiger partial charge in [-0.05, 0) is 23.6 Å². The number of carbonyl (C=O) groups is 1. The van der Waals surface area contributed by atoms with Gasteiger partial charge < -0.3 is 4.74 Å². The fourth-order valence-electron chi connectivity index (χ4n) is 1.69. The van der Waals surface area contributed by atoms with E-state index in [9.17, 15) is 13.2 Å². The predicted octanol–water partition coefficient (Wildman–Crippen LogP) is 3.42. The second-order valence-electron chi connectivity index (χ2n) is 4.09. The summed E-state index contributed by atoms with van der Waals surface area (Å²) in [5, 5.41) is 1.87. The zero-order valence-corrected chi connectivity index (χ0v) is 14.5. The number of hydrogen-bond donors (Lipinski definition) is 0. The minimum absolute atomic E-state index is 0.0493. The molecule has 1 heterocycles. The highest BCUT2D eigenvalue weighted by atomic mass is 35.5. The topological polar surface area (TPSA) is 63.7 Å². The van der Waals surface area contributed by atoms with Crippen LogP contribution in [-0.4, -0.2) is 28.0 Å². The van der Waals surface area contributed by atoms with Gasteiger partial charge in [-0.2, -0.15) is 0 Å². The predicted molar refractivity (Wildman–Crippen MR) is 87.3 cm³/mol. The molecule has 0 aliphatic rings. The third kappa shape index (κ3) is 3.38. The molecule has 0 fully saturated rings. The fourth-order valence-corrected chi connectivity index (χ4v) is 4.66. The molecule has 0 unspecified atom stereocenters. The Balaban J connectivity index is 2.57. The number of rotatable bonds is 5. The van der Waals surface area contributed by atoms with Crippen molar-refractivity contribution < 1.29 is 17.9 Å². The summed E-state index contributed by atoms with van der Waals surface area (Å²) in [7, 11) is -2.77. The number of anilines is 1. The Hall–Kier alpha value is -1.28. The van der Waals surface area contributed by atoms with Gasteiger partial charge in [0, 0.05) is 0 Å². The molecule has 0 radical (unpaired) electrons. The Morgan fingerprint density at radius 1 is 1.27 bits per heavy atom. The van der Waals surface area contributed by atoms with Crippen molar-refractivity contribution in [1.82, 2.24) is 0 Å². The molecule has 1 aromatic heterocycles. The molecule has 2 aromatic rings. The maximum Gasteiger partial charge on any atom is 0.326 e. The maximum absolute atomic E-state index is 12.7. The highest BCUT2D eigenvalue weighted by Gasteiger charge is 2.30. The van der Waals surface area contributed by atoms with Crippen LogP contribution in [0.4, 0.5) is 5.69 Å². The molecule has 0 atom stereocenters. The molecular weight excluding hydrogens is 369 g/mol.